The molecule has 22 heavy (non-hydrogen) atoms. The molecule has 1 aromatic carbocycles. The molecule has 0 unspecified atom stereocenters. The standard InChI is InChI=1S/C18H23N3S/c1-3-20(4-2)9-5-10-21-18-12-15(17-8-11-22-14-17)6-7-16(18)13-19-21/h6-8,11-14H,3-5,9-10H2,1-2H3. The van der Waals surface area contributed by atoms with E-state index in [2.05, 4.69) is 63.6 Å². The Morgan fingerprint density at radius 2 is 2.00 bits per heavy atom. The van der Waals surface area contributed by atoms with Gasteiger partial charge < -0.3 is 4.90 Å². The van der Waals surface area contributed by atoms with Gasteiger partial charge in [-0.15, -0.1) is 0 Å². The number of nitrogens with zero attached hydrogens (tertiary/aromatic N) is 3. The van der Waals surface area contributed by atoms with Gasteiger partial charge in [0.15, 0.2) is 0 Å². The van der Waals surface area contributed by atoms with Crippen LogP contribution in [0.2, 0.25) is 0 Å². The minimum absolute atomic E-state index is 0.979. The van der Waals surface area contributed by atoms with Crippen molar-refractivity contribution in [1.82, 2.24) is 14.7 Å². The van der Waals surface area contributed by atoms with Gasteiger partial charge in [0, 0.05) is 11.9 Å². The summed E-state index contributed by atoms with van der Waals surface area (Å²) in [6, 6.07) is 8.80. The second kappa shape index (κ2) is 7.07. The van der Waals surface area contributed by atoms with Gasteiger partial charge in [-0.2, -0.15) is 16.4 Å². The fraction of sp³-hybridized carbons (Fsp3) is 0.389. The molecule has 0 aliphatic carbocycles. The minimum Gasteiger partial charge on any atom is -0.304 e. The summed E-state index contributed by atoms with van der Waals surface area (Å²) in [7, 11) is 0. The summed E-state index contributed by atoms with van der Waals surface area (Å²) in [5.74, 6) is 0. The highest BCUT2D eigenvalue weighted by Gasteiger charge is 2.06. The van der Waals surface area contributed by atoms with Crippen molar-refractivity contribution in [2.45, 2.75) is 26.8 Å². The lowest BCUT2D eigenvalue weighted by Crippen LogP contribution is -2.24. The molecule has 3 rings (SSSR count). The maximum absolute atomic E-state index is 4.57. The van der Waals surface area contributed by atoms with Gasteiger partial charge in [-0.1, -0.05) is 26.0 Å². The molecule has 0 saturated carbocycles. The van der Waals surface area contributed by atoms with E-state index in [0.29, 0.717) is 0 Å². The van der Waals surface area contributed by atoms with Gasteiger partial charge in [-0.05, 0) is 60.1 Å². The predicted molar refractivity (Wildman–Crippen MR) is 95.5 cm³/mol. The van der Waals surface area contributed by atoms with E-state index in [0.717, 1.165) is 32.6 Å². The molecular weight excluding hydrogens is 290 g/mol. The third-order valence-electron chi connectivity index (χ3n) is 4.24. The van der Waals surface area contributed by atoms with Crippen LogP contribution < -0.4 is 0 Å². The summed E-state index contributed by atoms with van der Waals surface area (Å²) in [6.45, 7) is 8.81. The molecule has 2 aromatic heterocycles. The summed E-state index contributed by atoms with van der Waals surface area (Å²) in [5, 5.41) is 10.1. The average Bonchev–Trinajstić information content (AvgIpc) is 3.21. The Hall–Kier alpha value is -1.65. The molecule has 0 aliphatic rings. The van der Waals surface area contributed by atoms with Crippen molar-refractivity contribution in [3.05, 3.63) is 41.2 Å². The first-order valence-electron chi connectivity index (χ1n) is 8.02. The van der Waals surface area contributed by atoms with Crippen molar-refractivity contribution in [3.63, 3.8) is 0 Å². The van der Waals surface area contributed by atoms with Crippen molar-refractivity contribution >= 4 is 22.2 Å². The number of thiophene rings is 1. The number of fused-ring (bicyclic) bond motifs is 1. The maximum Gasteiger partial charge on any atom is 0.0688 e. The Morgan fingerprint density at radius 3 is 2.73 bits per heavy atom. The predicted octanol–water partition coefficient (Wildman–Crippen LogP) is 4.50. The normalized spacial score (nSPS) is 11.6. The molecule has 0 saturated heterocycles. The van der Waals surface area contributed by atoms with Gasteiger partial charge in [-0.3, -0.25) is 4.68 Å². The minimum atomic E-state index is 0.979. The van der Waals surface area contributed by atoms with Gasteiger partial charge in [0.25, 0.3) is 0 Å². The number of benzene rings is 1. The molecule has 2 heterocycles. The van der Waals surface area contributed by atoms with E-state index in [1.165, 1.54) is 22.0 Å². The third-order valence-corrected chi connectivity index (χ3v) is 4.92. The SMILES string of the molecule is CCN(CC)CCCn1ncc2ccc(-c3ccsc3)cc21. The first kappa shape index (κ1) is 15.3. The smallest absolute Gasteiger partial charge is 0.0688 e. The average molecular weight is 313 g/mol. The van der Waals surface area contributed by atoms with Crippen LogP contribution in [0.3, 0.4) is 0 Å². The van der Waals surface area contributed by atoms with E-state index in [-0.39, 0.29) is 0 Å². The Morgan fingerprint density at radius 1 is 1.14 bits per heavy atom. The van der Waals surface area contributed by atoms with E-state index in [1.54, 1.807) is 11.3 Å². The van der Waals surface area contributed by atoms with Crippen molar-refractivity contribution in [3.8, 4) is 11.1 Å². The van der Waals surface area contributed by atoms with E-state index < -0.39 is 0 Å². The highest BCUT2D eigenvalue weighted by molar-refractivity contribution is 7.08. The van der Waals surface area contributed by atoms with Gasteiger partial charge in [0.1, 0.15) is 0 Å². The topological polar surface area (TPSA) is 21.1 Å². The Balaban J connectivity index is 1.77. The lowest BCUT2D eigenvalue weighted by Gasteiger charge is -2.17. The summed E-state index contributed by atoms with van der Waals surface area (Å²) in [4.78, 5) is 2.46. The van der Waals surface area contributed by atoms with Crippen LogP contribution in [-0.2, 0) is 6.54 Å². The zero-order valence-corrected chi connectivity index (χ0v) is 14.1. The summed E-state index contributed by atoms with van der Waals surface area (Å²) in [5.41, 5.74) is 3.81. The monoisotopic (exact) mass is 313 g/mol. The fourth-order valence-corrected chi connectivity index (χ4v) is 3.51. The van der Waals surface area contributed by atoms with Crippen molar-refractivity contribution < 1.29 is 0 Å². The van der Waals surface area contributed by atoms with Crippen LogP contribution >= 0.6 is 11.3 Å². The van der Waals surface area contributed by atoms with Gasteiger partial charge >= 0.3 is 0 Å². The Labute approximate surface area is 136 Å². The molecule has 0 bridgehead atoms. The first-order chi connectivity index (χ1) is 10.8. The Bertz CT molecular complexity index is 711. The molecule has 116 valence electrons. The second-order valence-electron chi connectivity index (χ2n) is 5.53. The largest absolute Gasteiger partial charge is 0.304 e. The summed E-state index contributed by atoms with van der Waals surface area (Å²) < 4.78 is 2.15. The van der Waals surface area contributed by atoms with E-state index in [1.807, 2.05) is 6.20 Å². The van der Waals surface area contributed by atoms with Crippen molar-refractivity contribution in [2.24, 2.45) is 0 Å². The Kier molecular flexibility index (Phi) is 4.90. The second-order valence-corrected chi connectivity index (χ2v) is 6.31. The number of hydrogen-bond acceptors (Lipinski definition) is 3. The zero-order chi connectivity index (χ0) is 15.4. The summed E-state index contributed by atoms with van der Waals surface area (Å²) >= 11 is 1.74. The maximum atomic E-state index is 4.57. The van der Waals surface area contributed by atoms with Gasteiger partial charge in [-0.25, -0.2) is 0 Å². The summed E-state index contributed by atoms with van der Waals surface area (Å²) in [6.07, 6.45) is 3.12. The molecule has 4 heteroatoms. The van der Waals surface area contributed by atoms with Crippen LogP contribution in [-0.4, -0.2) is 34.3 Å². The van der Waals surface area contributed by atoms with E-state index in [4.69, 9.17) is 0 Å². The lowest BCUT2D eigenvalue weighted by atomic mass is 10.1. The molecule has 0 radical (unpaired) electrons. The first-order valence-corrected chi connectivity index (χ1v) is 8.96. The number of aryl methyl sites for hydroxylation is 1. The van der Waals surface area contributed by atoms with Crippen LogP contribution in [0.15, 0.2) is 41.2 Å². The highest BCUT2D eigenvalue weighted by Crippen LogP contribution is 2.26. The van der Waals surface area contributed by atoms with Gasteiger partial charge in [0.05, 0.1) is 11.7 Å². The van der Waals surface area contributed by atoms with Crippen molar-refractivity contribution in [1.29, 1.82) is 0 Å². The van der Waals surface area contributed by atoms with Gasteiger partial charge in [0.2, 0.25) is 0 Å². The molecule has 0 spiro atoms. The molecule has 0 atom stereocenters. The molecule has 0 amide bonds. The van der Waals surface area contributed by atoms with Crippen LogP contribution in [0.5, 0.6) is 0 Å². The third kappa shape index (κ3) is 3.23. The zero-order valence-electron chi connectivity index (χ0n) is 13.3. The highest BCUT2D eigenvalue weighted by atomic mass is 32.1. The van der Waals surface area contributed by atoms with Crippen molar-refractivity contribution in [2.75, 3.05) is 19.6 Å². The molecule has 3 aromatic rings. The quantitative estimate of drug-likeness (QED) is 0.640. The number of aromatic nitrogens is 2. The fourth-order valence-electron chi connectivity index (χ4n) is 2.84. The number of rotatable bonds is 7. The lowest BCUT2D eigenvalue weighted by molar-refractivity contribution is 0.292. The number of hydrogen-bond donors (Lipinski definition) is 0. The van der Waals surface area contributed by atoms with Crippen LogP contribution in [0.4, 0.5) is 0 Å². The van der Waals surface area contributed by atoms with E-state index >= 15 is 0 Å². The van der Waals surface area contributed by atoms with Crippen LogP contribution in [0.25, 0.3) is 22.0 Å². The van der Waals surface area contributed by atoms with Crippen LogP contribution in [0, 0.1) is 0 Å². The molecule has 3 nitrogen and oxygen atoms in total. The van der Waals surface area contributed by atoms with Crippen LogP contribution in [0.1, 0.15) is 20.3 Å². The molecule has 0 N–H and O–H groups in total. The van der Waals surface area contributed by atoms with E-state index in [9.17, 15) is 0 Å². The molecular formula is C18H23N3S. The molecule has 0 fully saturated rings. The molecule has 0 aliphatic heterocycles.